The predicted molar refractivity (Wildman–Crippen MR) is 379 cm³/mol. The second kappa shape index (κ2) is 65.0. The standard InChI is InChI=1S/3C20H38O2S3.C4H9.Sn/c3*1-2-3-4-5-6-7-8-9-10-11-12-13-14-15-16-18(19(21)22)20(24,25)17-23;1-3-4-2;/h3*9-10,18,23-25H,2-8,11-17H2,1H3,(H,21,22);1,3-4H2,2H3;/q;;;;+3/p-3/b3*10-9-;;. The first-order valence-electron chi connectivity index (χ1n) is 31.7. The van der Waals surface area contributed by atoms with Crippen molar-refractivity contribution in [2.45, 2.75) is 308 Å². The average molecular weight is 1390 g/mol. The number of carbonyl (C=O) groups is 3. The maximum atomic E-state index is 11.2. The second-order valence-corrected chi connectivity index (χ2v) is 30.1. The molecule has 0 radical (unpaired) electrons. The van der Waals surface area contributed by atoms with Gasteiger partial charge in [-0.2, -0.15) is 114 Å². The first-order chi connectivity index (χ1) is 38.3. The van der Waals surface area contributed by atoms with Gasteiger partial charge in [0.25, 0.3) is 0 Å². The Morgan fingerprint density at radius 2 is 0.500 bits per heavy atom. The van der Waals surface area contributed by atoms with Crippen LogP contribution in [0.3, 0.4) is 0 Å². The Hall–Kier alpha value is 1.58. The van der Waals surface area contributed by atoms with Crippen molar-refractivity contribution < 1.29 is 29.7 Å². The number of thiol groups is 9. The molecule has 3 atom stereocenters. The number of hydrogen-bond donors (Lipinski definition) is 9. The van der Waals surface area contributed by atoms with E-state index in [4.69, 9.17) is 0 Å². The summed E-state index contributed by atoms with van der Waals surface area (Å²) in [6.07, 6.45) is 62.3. The molecule has 3 unspecified atom stereocenters. The van der Waals surface area contributed by atoms with Crippen LogP contribution in [0.25, 0.3) is 0 Å². The predicted octanol–water partition coefficient (Wildman–Crippen LogP) is 17.8. The third kappa shape index (κ3) is 59.9. The van der Waals surface area contributed by atoms with Gasteiger partial charge in [0.1, 0.15) is 0 Å². The molecule has 0 aromatic rings. The molecule has 0 aromatic carbocycles. The zero-order valence-electron chi connectivity index (χ0n) is 51.0. The molecule has 0 aliphatic rings. The number of unbranched alkanes of at least 4 members (excludes halogenated alkanes) is 31. The molecule has 0 amide bonds. The Balaban J connectivity index is -0.000000518. The maximum absolute atomic E-state index is 11.2. The molecule has 0 N–H and O–H groups in total. The first-order valence-corrected chi connectivity index (χ1v) is 38.3. The van der Waals surface area contributed by atoms with Gasteiger partial charge in [0, 0.05) is 52.9 Å². The summed E-state index contributed by atoms with van der Waals surface area (Å²) in [5.74, 6) is -4.27. The molecule has 0 fully saturated rings. The fourth-order valence-corrected chi connectivity index (χ4v) is 11.9. The Morgan fingerprint density at radius 3 is 0.650 bits per heavy atom. The van der Waals surface area contributed by atoms with E-state index < -0.39 is 47.9 Å². The summed E-state index contributed by atoms with van der Waals surface area (Å²) in [5, 5.41) is 33.7. The number of rotatable bonds is 53. The van der Waals surface area contributed by atoms with E-state index in [9.17, 15) is 29.7 Å². The van der Waals surface area contributed by atoms with E-state index in [0.717, 1.165) is 77.0 Å². The molecule has 16 heteroatoms. The number of carboxylic acids is 3. The average Bonchev–Trinajstić information content (AvgIpc) is 3.42. The van der Waals surface area contributed by atoms with E-state index >= 15 is 0 Å². The molecule has 0 aliphatic carbocycles. The van der Waals surface area contributed by atoms with Gasteiger partial charge in [0.2, 0.25) is 0 Å². The Labute approximate surface area is 557 Å². The van der Waals surface area contributed by atoms with Crippen molar-refractivity contribution in [2.24, 2.45) is 17.8 Å². The van der Waals surface area contributed by atoms with Crippen LogP contribution in [0.4, 0.5) is 0 Å². The molecule has 0 bridgehead atoms. The summed E-state index contributed by atoms with van der Waals surface area (Å²) in [6, 6.07) is 0. The molecule has 0 heterocycles. The summed E-state index contributed by atoms with van der Waals surface area (Å²) >= 11 is 39.9. The third-order valence-electron chi connectivity index (χ3n) is 14.3. The zero-order valence-corrected chi connectivity index (χ0v) is 61.9. The van der Waals surface area contributed by atoms with Gasteiger partial charge in [0.05, 0.1) is 12.2 Å². The molecular formula is C64H120O6S9Sn. The SMILES string of the molecule is CCCCCCCC/C=C\CCCCCCC(C(=O)[O-])C(S)(S)CS.CCCCCCCC/C=C\CCCCCCC(C(=O)[O-])C(S)(S)CS.CCCCCCCC/C=C\CCCCCCC(C(=O)[O-])C(S)(S)CS.CCC[CH2][Sn+3]. The number of allylic oxidation sites excluding steroid dienone is 6. The number of carbonyl (C=O) groups excluding carboxylic acids is 3. The van der Waals surface area contributed by atoms with Crippen molar-refractivity contribution >= 4 is 154 Å². The van der Waals surface area contributed by atoms with Crippen molar-refractivity contribution in [1.29, 1.82) is 0 Å². The molecular weight excluding hydrogens is 1270 g/mol. The third-order valence-corrected chi connectivity index (χ3v) is 21.1. The normalized spacial score (nSPS) is 13.1. The Morgan fingerprint density at radius 1 is 0.325 bits per heavy atom. The first kappa shape index (κ1) is 88.0. The van der Waals surface area contributed by atoms with Crippen molar-refractivity contribution in [2.75, 3.05) is 17.3 Å². The van der Waals surface area contributed by atoms with Gasteiger partial charge in [-0.15, -0.1) is 0 Å². The van der Waals surface area contributed by atoms with Gasteiger partial charge in [-0.3, -0.25) is 0 Å². The van der Waals surface area contributed by atoms with Gasteiger partial charge in [-0.1, -0.05) is 211 Å². The fraction of sp³-hybridized carbons (Fsp3) is 0.859. The number of hydrogen-bond acceptors (Lipinski definition) is 15. The summed E-state index contributed by atoms with van der Waals surface area (Å²) in [6.45, 7) is 8.98. The summed E-state index contributed by atoms with van der Waals surface area (Å²) in [5.41, 5.74) is 0. The van der Waals surface area contributed by atoms with E-state index in [-0.39, 0.29) is 0 Å². The van der Waals surface area contributed by atoms with Crippen molar-refractivity contribution in [1.82, 2.24) is 0 Å². The molecule has 0 aliphatic heterocycles. The minimum atomic E-state index is -1.07. The molecule has 0 saturated heterocycles. The van der Waals surface area contributed by atoms with Crippen LogP contribution < -0.4 is 15.3 Å². The Kier molecular flexibility index (Phi) is 71.5. The van der Waals surface area contributed by atoms with Crippen LogP contribution in [0.15, 0.2) is 36.5 Å². The van der Waals surface area contributed by atoms with Crippen LogP contribution in [0.5, 0.6) is 0 Å². The van der Waals surface area contributed by atoms with Crippen LogP contribution >= 0.6 is 114 Å². The van der Waals surface area contributed by atoms with Crippen LogP contribution in [0.1, 0.15) is 291 Å². The topological polar surface area (TPSA) is 120 Å². The van der Waals surface area contributed by atoms with Crippen LogP contribution in [-0.4, -0.2) is 69.9 Å². The van der Waals surface area contributed by atoms with E-state index in [1.54, 1.807) is 22.5 Å². The van der Waals surface area contributed by atoms with Crippen molar-refractivity contribution in [3.8, 4) is 0 Å². The zero-order chi connectivity index (χ0) is 61.0. The van der Waals surface area contributed by atoms with E-state index in [2.05, 4.69) is 178 Å². The van der Waals surface area contributed by atoms with Crippen LogP contribution in [-0.2, 0) is 14.4 Å². The van der Waals surface area contributed by atoms with Gasteiger partial charge < -0.3 is 29.7 Å². The minimum absolute atomic E-state index is 0.307. The molecule has 6 nitrogen and oxygen atoms in total. The molecule has 80 heavy (non-hydrogen) atoms. The number of carboxylic acid groups (broad SMARTS) is 3. The van der Waals surface area contributed by atoms with E-state index in [0.29, 0.717) is 36.5 Å². The number of aliphatic carboxylic acids is 3. The second-order valence-electron chi connectivity index (χ2n) is 21.9. The molecule has 0 rings (SSSR count). The monoisotopic (exact) mass is 1390 g/mol. The fourth-order valence-electron chi connectivity index (χ4n) is 8.85. The van der Waals surface area contributed by atoms with Crippen LogP contribution in [0.2, 0.25) is 4.44 Å². The van der Waals surface area contributed by atoms with Crippen LogP contribution in [0, 0.1) is 17.8 Å². The van der Waals surface area contributed by atoms with Gasteiger partial charge in [0.15, 0.2) is 0 Å². The molecule has 0 spiro atoms. The Bertz CT molecular complexity index is 1290. The molecule has 470 valence electrons. The summed E-state index contributed by atoms with van der Waals surface area (Å²) in [7, 11) is 0. The molecule has 0 saturated carbocycles. The van der Waals surface area contributed by atoms with Crippen molar-refractivity contribution in [3.63, 3.8) is 0 Å². The summed E-state index contributed by atoms with van der Waals surface area (Å²) < 4.78 is -1.27. The van der Waals surface area contributed by atoms with Gasteiger partial charge in [-0.25, -0.2) is 0 Å². The van der Waals surface area contributed by atoms with Crippen molar-refractivity contribution in [3.05, 3.63) is 36.5 Å². The quantitative estimate of drug-likeness (QED) is 0.00984. The van der Waals surface area contributed by atoms with Gasteiger partial charge in [-0.05, 0) is 96.3 Å². The van der Waals surface area contributed by atoms with E-state index in [1.165, 1.54) is 171 Å². The molecule has 0 aromatic heterocycles. The van der Waals surface area contributed by atoms with E-state index in [1.807, 2.05) is 0 Å². The summed E-state index contributed by atoms with van der Waals surface area (Å²) in [4.78, 5) is 33.7. The van der Waals surface area contributed by atoms with Gasteiger partial charge >= 0.3 is 46.7 Å².